The number of aromatic nitrogens is 2. The number of hydrogen-bond donors (Lipinski definition) is 3. The molecule has 0 bridgehead atoms. The number of alkyl carbamates (subject to hydrolysis) is 1. The summed E-state index contributed by atoms with van der Waals surface area (Å²) in [5, 5.41) is 3.69. The molecule has 10 heteroatoms. The molecule has 0 aliphatic carbocycles. The highest BCUT2D eigenvalue weighted by Crippen LogP contribution is 2.47. The zero-order valence-corrected chi connectivity index (χ0v) is 22.5. The number of nitrogens with zero attached hydrogens (tertiary/aromatic N) is 1. The van der Waals surface area contributed by atoms with Crippen molar-refractivity contribution >= 4 is 50.3 Å². The molecule has 0 fully saturated rings. The molecule has 0 radical (unpaired) electrons. The number of aromatic amines is 1. The normalized spacial score (nSPS) is 12.3. The maximum Gasteiger partial charge on any atom is 0.407 e. The van der Waals surface area contributed by atoms with Gasteiger partial charge in [-0.3, -0.25) is 4.79 Å². The van der Waals surface area contributed by atoms with Crippen molar-refractivity contribution in [1.82, 2.24) is 15.3 Å². The number of primary amides is 1. The molecule has 188 valence electrons. The van der Waals surface area contributed by atoms with Gasteiger partial charge in [-0.25, -0.2) is 9.78 Å². The van der Waals surface area contributed by atoms with Crippen molar-refractivity contribution in [3.63, 3.8) is 0 Å². The van der Waals surface area contributed by atoms with Gasteiger partial charge in [-0.1, -0.05) is 30.3 Å². The van der Waals surface area contributed by atoms with Gasteiger partial charge in [0.2, 0.25) is 0 Å². The minimum atomic E-state index is -0.627. The molecule has 36 heavy (non-hydrogen) atoms. The van der Waals surface area contributed by atoms with Crippen molar-refractivity contribution in [2.75, 3.05) is 6.54 Å². The summed E-state index contributed by atoms with van der Waals surface area (Å²) in [5.74, 6) is -0.255. The predicted molar refractivity (Wildman–Crippen MR) is 144 cm³/mol. The fraction of sp³-hybridized carbons (Fsp3) is 0.269. The van der Waals surface area contributed by atoms with Crippen LogP contribution in [-0.4, -0.2) is 40.2 Å². The smallest absolute Gasteiger partial charge is 0.407 e. The lowest BCUT2D eigenvalue weighted by atomic mass is 10.1. The van der Waals surface area contributed by atoms with Gasteiger partial charge in [0.05, 0.1) is 15.9 Å². The van der Waals surface area contributed by atoms with Gasteiger partial charge in [-0.2, -0.15) is 0 Å². The van der Waals surface area contributed by atoms with E-state index in [1.807, 2.05) is 48.7 Å². The molecular formula is C26H27BrN4O4S. The number of hydrogen-bond acceptors (Lipinski definition) is 6. The molecule has 0 saturated carbocycles. The van der Waals surface area contributed by atoms with Gasteiger partial charge in [-0.05, 0) is 54.4 Å². The maximum absolute atomic E-state index is 12.4. The number of benzene rings is 1. The van der Waals surface area contributed by atoms with Crippen LogP contribution in [0.15, 0.2) is 59.3 Å². The maximum atomic E-state index is 12.4. The summed E-state index contributed by atoms with van der Waals surface area (Å²) >= 11 is 4.90. The molecular weight excluding hydrogens is 544 g/mol. The third-order valence-corrected chi connectivity index (χ3v) is 7.44. The number of thiophene rings is 1. The summed E-state index contributed by atoms with van der Waals surface area (Å²) in [6.07, 6.45) is 2.96. The Bertz CT molecular complexity index is 1380. The molecule has 0 spiro atoms. The van der Waals surface area contributed by atoms with Gasteiger partial charge in [0.1, 0.15) is 22.2 Å². The first-order valence-electron chi connectivity index (χ1n) is 11.3. The first-order chi connectivity index (χ1) is 17.1. The Kier molecular flexibility index (Phi) is 7.65. The van der Waals surface area contributed by atoms with E-state index >= 15 is 0 Å². The van der Waals surface area contributed by atoms with E-state index in [1.54, 1.807) is 27.0 Å². The monoisotopic (exact) mass is 570 g/mol. The number of carbonyl (C=O) groups excluding carboxylic acids is 2. The highest BCUT2D eigenvalue weighted by Gasteiger charge is 2.27. The van der Waals surface area contributed by atoms with Crippen LogP contribution in [0.4, 0.5) is 4.79 Å². The van der Waals surface area contributed by atoms with Crippen molar-refractivity contribution in [3.8, 4) is 16.2 Å². The number of amides is 2. The van der Waals surface area contributed by atoms with Crippen LogP contribution in [0.1, 0.15) is 36.0 Å². The highest BCUT2D eigenvalue weighted by molar-refractivity contribution is 9.10. The first-order valence-corrected chi connectivity index (χ1v) is 13.0. The van der Waals surface area contributed by atoms with Crippen molar-refractivity contribution in [2.24, 2.45) is 5.73 Å². The Morgan fingerprint density at radius 1 is 1.19 bits per heavy atom. The predicted octanol–water partition coefficient (Wildman–Crippen LogP) is 5.67. The van der Waals surface area contributed by atoms with Gasteiger partial charge < -0.3 is 25.5 Å². The van der Waals surface area contributed by atoms with Crippen LogP contribution in [0.5, 0.6) is 5.75 Å². The van der Waals surface area contributed by atoms with E-state index in [9.17, 15) is 9.59 Å². The zero-order chi connectivity index (χ0) is 25.9. The summed E-state index contributed by atoms with van der Waals surface area (Å²) in [6.45, 7) is 5.56. The van der Waals surface area contributed by atoms with Crippen molar-refractivity contribution in [3.05, 3.63) is 69.8 Å². The van der Waals surface area contributed by atoms with Crippen LogP contribution in [0.2, 0.25) is 0 Å². The summed E-state index contributed by atoms with van der Waals surface area (Å²) in [7, 11) is 0. The fourth-order valence-corrected chi connectivity index (χ4v) is 5.60. The van der Waals surface area contributed by atoms with E-state index in [2.05, 4.69) is 31.2 Å². The molecule has 4 rings (SSSR count). The van der Waals surface area contributed by atoms with Gasteiger partial charge in [0.25, 0.3) is 5.91 Å². The number of rotatable bonds is 8. The molecule has 0 aliphatic rings. The Morgan fingerprint density at radius 2 is 1.94 bits per heavy atom. The lowest BCUT2D eigenvalue weighted by molar-refractivity contribution is 0.0499. The second-order valence-corrected chi connectivity index (χ2v) is 11.0. The lowest BCUT2D eigenvalue weighted by Crippen LogP contribution is -2.39. The second kappa shape index (κ2) is 10.7. The molecule has 1 aromatic carbocycles. The third-order valence-electron chi connectivity index (χ3n) is 5.20. The standard InChI is InChI=1S/C26H27BrN4O4S/c1-26(2,3)35-25(33)31-14-16(13-15-7-5-4-6-8-15)34-20-19(27)21(36-22(20)23(28)32)17-9-11-29-24-18(17)10-12-30-24/h4-12,16H,13-14H2,1-3H3,(H2,28,32)(H,29,30)(H,31,33). The van der Waals surface area contributed by atoms with Gasteiger partial charge >= 0.3 is 6.09 Å². The summed E-state index contributed by atoms with van der Waals surface area (Å²) in [4.78, 5) is 33.3. The number of fused-ring (bicyclic) bond motifs is 1. The second-order valence-electron chi connectivity index (χ2n) is 9.18. The topological polar surface area (TPSA) is 119 Å². The number of halogens is 1. The molecule has 1 unspecified atom stereocenters. The highest BCUT2D eigenvalue weighted by atomic mass is 79.9. The molecule has 3 heterocycles. The van der Waals surface area contributed by atoms with E-state index in [0.717, 1.165) is 27.0 Å². The quantitative estimate of drug-likeness (QED) is 0.252. The largest absolute Gasteiger partial charge is 0.485 e. The van der Waals surface area contributed by atoms with Crippen LogP contribution >= 0.6 is 27.3 Å². The molecule has 8 nitrogen and oxygen atoms in total. The third kappa shape index (κ3) is 6.06. The summed E-state index contributed by atoms with van der Waals surface area (Å²) in [6, 6.07) is 13.6. The summed E-state index contributed by atoms with van der Waals surface area (Å²) in [5.41, 5.74) is 7.77. The minimum absolute atomic E-state index is 0.164. The van der Waals surface area contributed by atoms with Gasteiger partial charge in [-0.15, -0.1) is 11.3 Å². The van der Waals surface area contributed by atoms with Crippen molar-refractivity contribution in [2.45, 2.75) is 38.9 Å². The SMILES string of the molecule is CC(C)(C)OC(=O)NCC(Cc1ccccc1)Oc1c(C(N)=O)sc(-c2ccnc3[nH]ccc23)c1Br. The van der Waals surface area contributed by atoms with E-state index in [4.69, 9.17) is 15.2 Å². The van der Waals surface area contributed by atoms with Crippen LogP contribution in [0, 0.1) is 0 Å². The van der Waals surface area contributed by atoms with Crippen LogP contribution < -0.4 is 15.8 Å². The summed E-state index contributed by atoms with van der Waals surface area (Å²) < 4.78 is 12.4. The average Bonchev–Trinajstić information content (AvgIpc) is 3.42. The number of nitrogens with two attached hydrogens (primary N) is 1. The Morgan fingerprint density at radius 3 is 2.64 bits per heavy atom. The molecule has 1 atom stereocenters. The van der Waals surface area contributed by atoms with Crippen LogP contribution in [-0.2, 0) is 11.2 Å². The molecule has 0 aliphatic heterocycles. The molecule has 3 aromatic heterocycles. The van der Waals surface area contributed by atoms with Crippen LogP contribution in [0.3, 0.4) is 0 Å². The number of H-pyrrole nitrogens is 1. The molecule has 0 saturated heterocycles. The Balaban J connectivity index is 1.67. The molecule has 4 aromatic rings. The van der Waals surface area contributed by atoms with E-state index < -0.39 is 23.7 Å². The van der Waals surface area contributed by atoms with E-state index in [-0.39, 0.29) is 11.4 Å². The number of carbonyl (C=O) groups is 2. The zero-order valence-electron chi connectivity index (χ0n) is 20.1. The van der Waals surface area contributed by atoms with E-state index in [0.29, 0.717) is 16.6 Å². The number of nitrogens with one attached hydrogen (secondary N) is 2. The lowest BCUT2D eigenvalue weighted by Gasteiger charge is -2.23. The Hall–Kier alpha value is -3.37. The van der Waals surface area contributed by atoms with Crippen molar-refractivity contribution in [1.29, 1.82) is 0 Å². The van der Waals surface area contributed by atoms with Crippen LogP contribution in [0.25, 0.3) is 21.5 Å². The van der Waals surface area contributed by atoms with Gasteiger partial charge in [0, 0.05) is 29.8 Å². The number of pyridine rings is 1. The molecule has 4 N–H and O–H groups in total. The van der Waals surface area contributed by atoms with E-state index in [1.165, 1.54) is 11.3 Å². The van der Waals surface area contributed by atoms with Crippen molar-refractivity contribution < 1.29 is 19.1 Å². The first kappa shape index (κ1) is 25.7. The average molecular weight is 571 g/mol. The number of ether oxygens (including phenoxy) is 2. The Labute approximate surface area is 221 Å². The van der Waals surface area contributed by atoms with Gasteiger partial charge in [0.15, 0.2) is 5.75 Å². The molecule has 2 amide bonds. The fourth-order valence-electron chi connectivity index (χ4n) is 3.71. The minimum Gasteiger partial charge on any atom is -0.485 e.